The number of aromatic nitrogens is 3. The number of alkyl halides is 1. The Morgan fingerprint density at radius 3 is 1.96 bits per heavy atom. The summed E-state index contributed by atoms with van der Waals surface area (Å²) in [5.74, 6) is -0.464. The third kappa shape index (κ3) is 3.90. The number of nitrogens with zero attached hydrogens (tertiary/aromatic N) is 2. The summed E-state index contributed by atoms with van der Waals surface area (Å²) in [4.78, 5) is 0. The summed E-state index contributed by atoms with van der Waals surface area (Å²) in [6.07, 6.45) is 0. The number of hydrogen-bond donors (Lipinski definition) is 2. The third-order valence-corrected chi connectivity index (χ3v) is 5.72. The van der Waals surface area contributed by atoms with Crippen molar-refractivity contribution in [3.8, 4) is 17.0 Å². The highest BCUT2D eigenvalue weighted by Crippen LogP contribution is 2.42. The number of sulfone groups is 1. The number of rotatable bonds is 4. The maximum absolute atomic E-state index is 12.6. The van der Waals surface area contributed by atoms with Crippen molar-refractivity contribution in [1.29, 1.82) is 0 Å². The third-order valence-electron chi connectivity index (χ3n) is 4.16. The van der Waals surface area contributed by atoms with Gasteiger partial charge in [0.2, 0.25) is 14.9 Å². The Hall–Kier alpha value is -1.96. The topological polar surface area (TPSA) is 95.9 Å². The molecule has 8 heteroatoms. The number of phenols is 1. The average molecular weight is 383 g/mol. The first-order chi connectivity index (χ1) is 11.8. The minimum Gasteiger partial charge on any atom is -0.507 e. The van der Waals surface area contributed by atoms with E-state index >= 15 is 0 Å². The van der Waals surface area contributed by atoms with Crippen molar-refractivity contribution in [2.24, 2.45) is 0 Å². The van der Waals surface area contributed by atoms with Gasteiger partial charge in [0, 0.05) is 16.7 Å². The van der Waals surface area contributed by atoms with Gasteiger partial charge < -0.3 is 5.11 Å². The van der Waals surface area contributed by atoms with Gasteiger partial charge in [0.05, 0.1) is 5.75 Å². The van der Waals surface area contributed by atoms with Crippen LogP contribution in [-0.2, 0) is 20.7 Å². The summed E-state index contributed by atoms with van der Waals surface area (Å²) >= 11 is 0. The lowest BCUT2D eigenvalue weighted by Crippen LogP contribution is -2.17. The molecule has 1 heterocycles. The molecule has 0 aliphatic carbocycles. The van der Waals surface area contributed by atoms with Gasteiger partial charge in [-0.25, -0.2) is 12.8 Å². The first kappa shape index (κ1) is 20.4. The molecule has 0 radical (unpaired) electrons. The van der Waals surface area contributed by atoms with Crippen molar-refractivity contribution < 1.29 is 17.9 Å². The highest BCUT2D eigenvalue weighted by atomic mass is 32.2. The molecule has 0 unspecified atom stereocenters. The van der Waals surface area contributed by atoms with E-state index in [1.165, 1.54) is 0 Å². The summed E-state index contributed by atoms with van der Waals surface area (Å²) in [5.41, 5.74) is 1.26. The normalized spacial score (nSPS) is 13.2. The lowest BCUT2D eigenvalue weighted by Gasteiger charge is -2.28. The van der Waals surface area contributed by atoms with Crippen LogP contribution in [0.25, 0.3) is 11.3 Å². The predicted octanol–water partition coefficient (Wildman–Crippen LogP) is 3.52. The standard InChI is InChI=1S/C18H26FN3O3S/c1-17(2,3)12-9-11(10-13(15(12)23)18(4,5)6)14-16(21-22-20-14)26(24,25)8-7-19/h9-10,23H,7-8H2,1-6H3,(H,20,21,22). The maximum atomic E-state index is 12.6. The molecule has 2 N–H and O–H groups in total. The smallest absolute Gasteiger partial charge is 0.205 e. The molecule has 6 nitrogen and oxygen atoms in total. The van der Waals surface area contributed by atoms with Crippen molar-refractivity contribution in [2.45, 2.75) is 57.4 Å². The minimum atomic E-state index is -3.89. The molecule has 0 saturated carbocycles. The van der Waals surface area contributed by atoms with Crippen LogP contribution in [0.2, 0.25) is 0 Å². The predicted molar refractivity (Wildman–Crippen MR) is 98.9 cm³/mol. The number of halogens is 1. The number of H-pyrrole nitrogens is 1. The fraction of sp³-hybridized carbons (Fsp3) is 0.556. The van der Waals surface area contributed by atoms with E-state index in [1.807, 2.05) is 41.5 Å². The number of nitrogens with one attached hydrogen (secondary N) is 1. The molecule has 144 valence electrons. The van der Waals surface area contributed by atoms with Gasteiger partial charge in [-0.3, -0.25) is 0 Å². The van der Waals surface area contributed by atoms with E-state index < -0.39 is 22.3 Å². The van der Waals surface area contributed by atoms with Crippen molar-refractivity contribution in [3.05, 3.63) is 23.3 Å². The van der Waals surface area contributed by atoms with Crippen LogP contribution in [0, 0.1) is 0 Å². The van der Waals surface area contributed by atoms with E-state index in [0.717, 1.165) is 0 Å². The molecule has 0 aliphatic rings. The Kier molecular flexibility index (Phi) is 5.20. The van der Waals surface area contributed by atoms with Gasteiger partial charge in [-0.15, -0.1) is 5.10 Å². The van der Waals surface area contributed by atoms with Crippen molar-refractivity contribution in [3.63, 3.8) is 0 Å². The highest BCUT2D eigenvalue weighted by Gasteiger charge is 2.30. The second kappa shape index (κ2) is 6.64. The summed E-state index contributed by atoms with van der Waals surface area (Å²) < 4.78 is 37.3. The van der Waals surface area contributed by atoms with Crippen molar-refractivity contribution in [2.75, 3.05) is 12.4 Å². The van der Waals surface area contributed by atoms with Crippen LogP contribution in [0.5, 0.6) is 5.75 Å². The van der Waals surface area contributed by atoms with Gasteiger partial charge >= 0.3 is 0 Å². The molecule has 0 saturated heterocycles. The van der Waals surface area contributed by atoms with Crippen LogP contribution < -0.4 is 0 Å². The molecule has 0 aliphatic heterocycles. The van der Waals surface area contributed by atoms with Crippen molar-refractivity contribution in [1.82, 2.24) is 15.4 Å². The van der Waals surface area contributed by atoms with E-state index in [2.05, 4.69) is 15.4 Å². The van der Waals surface area contributed by atoms with Crippen LogP contribution in [0.4, 0.5) is 4.39 Å². The SMILES string of the molecule is CC(C)(C)c1cc(-c2n[nH]nc2S(=O)(=O)CCF)cc(C(C)(C)C)c1O. The Morgan fingerprint density at radius 2 is 1.54 bits per heavy atom. The molecule has 0 fully saturated rings. The van der Waals surface area contributed by atoms with E-state index in [-0.39, 0.29) is 27.3 Å². The Balaban J connectivity index is 2.79. The van der Waals surface area contributed by atoms with Gasteiger partial charge in [-0.2, -0.15) is 10.3 Å². The van der Waals surface area contributed by atoms with E-state index in [0.29, 0.717) is 16.7 Å². The van der Waals surface area contributed by atoms with Gasteiger partial charge in [-0.1, -0.05) is 41.5 Å². The quantitative estimate of drug-likeness (QED) is 0.842. The second-order valence-electron chi connectivity index (χ2n) is 8.41. The van der Waals surface area contributed by atoms with Crippen LogP contribution in [0.1, 0.15) is 52.7 Å². The largest absolute Gasteiger partial charge is 0.507 e. The average Bonchev–Trinajstić information content (AvgIpc) is 2.95. The van der Waals surface area contributed by atoms with E-state index in [9.17, 15) is 17.9 Å². The Morgan fingerprint density at radius 1 is 1.04 bits per heavy atom. The van der Waals surface area contributed by atoms with Crippen LogP contribution in [0.3, 0.4) is 0 Å². The minimum absolute atomic E-state index is 0.134. The van der Waals surface area contributed by atoms with E-state index in [4.69, 9.17) is 0 Å². The molecule has 0 bridgehead atoms. The first-order valence-electron chi connectivity index (χ1n) is 8.37. The summed E-state index contributed by atoms with van der Waals surface area (Å²) in [7, 11) is -3.89. The zero-order chi connectivity index (χ0) is 19.9. The highest BCUT2D eigenvalue weighted by molar-refractivity contribution is 7.91. The van der Waals surface area contributed by atoms with Crippen LogP contribution >= 0.6 is 0 Å². The van der Waals surface area contributed by atoms with E-state index in [1.54, 1.807) is 12.1 Å². The monoisotopic (exact) mass is 383 g/mol. The Bertz CT molecular complexity index is 871. The zero-order valence-corrected chi connectivity index (χ0v) is 16.8. The number of aromatic hydroxyl groups is 1. The van der Waals surface area contributed by atoms with Gasteiger partial charge in [-0.05, 0) is 23.0 Å². The van der Waals surface area contributed by atoms with Gasteiger partial charge in [0.1, 0.15) is 18.1 Å². The molecular weight excluding hydrogens is 357 g/mol. The fourth-order valence-electron chi connectivity index (χ4n) is 2.74. The Labute approximate surface area is 153 Å². The number of benzene rings is 1. The summed E-state index contributed by atoms with van der Waals surface area (Å²) in [5, 5.41) is 20.6. The van der Waals surface area contributed by atoms with Crippen LogP contribution in [0.15, 0.2) is 17.2 Å². The maximum Gasteiger partial charge on any atom is 0.205 e. The molecule has 1 aromatic heterocycles. The number of phenolic OH excluding ortho intramolecular Hbond substituents is 1. The molecule has 0 amide bonds. The number of hydrogen-bond acceptors (Lipinski definition) is 5. The van der Waals surface area contributed by atoms with Gasteiger partial charge in [0.25, 0.3) is 0 Å². The molecule has 2 aromatic rings. The summed E-state index contributed by atoms with van der Waals surface area (Å²) in [6.45, 7) is 10.8. The summed E-state index contributed by atoms with van der Waals surface area (Å²) in [6, 6.07) is 3.44. The molecular formula is C18H26FN3O3S. The number of aromatic amines is 1. The molecule has 0 spiro atoms. The molecule has 1 aromatic carbocycles. The lowest BCUT2D eigenvalue weighted by atomic mass is 9.78. The fourth-order valence-corrected chi connectivity index (χ4v) is 3.77. The molecule has 0 atom stereocenters. The van der Waals surface area contributed by atoms with Crippen LogP contribution in [-0.4, -0.2) is 41.4 Å². The lowest BCUT2D eigenvalue weighted by molar-refractivity contribution is 0.423. The first-order valence-corrected chi connectivity index (χ1v) is 10.0. The second-order valence-corrected chi connectivity index (χ2v) is 10.4. The molecule has 2 rings (SSSR count). The molecule has 26 heavy (non-hydrogen) atoms. The zero-order valence-electron chi connectivity index (χ0n) is 16.0. The van der Waals surface area contributed by atoms with Crippen molar-refractivity contribution >= 4 is 9.84 Å². The van der Waals surface area contributed by atoms with Gasteiger partial charge in [0.15, 0.2) is 0 Å².